The first kappa shape index (κ1) is 17.7. The predicted octanol–water partition coefficient (Wildman–Crippen LogP) is 3.24. The van der Waals surface area contributed by atoms with E-state index >= 15 is 0 Å². The van der Waals surface area contributed by atoms with E-state index in [1.807, 2.05) is 43.5 Å². The molecule has 4 rings (SSSR count). The van der Waals surface area contributed by atoms with Crippen LogP contribution < -0.4 is 11.1 Å². The smallest absolute Gasteiger partial charge is 0.348 e. The summed E-state index contributed by atoms with van der Waals surface area (Å²) in [5.41, 5.74) is 8.22. The Morgan fingerprint density at radius 1 is 1.18 bits per heavy atom. The average molecular weight is 376 g/mol. The fraction of sp³-hybridized carbons (Fsp3) is 0.211. The van der Waals surface area contributed by atoms with Crippen molar-refractivity contribution in [3.63, 3.8) is 0 Å². The summed E-state index contributed by atoms with van der Waals surface area (Å²) < 4.78 is 3.17. The van der Waals surface area contributed by atoms with Crippen molar-refractivity contribution in [1.82, 2.24) is 29.5 Å². The maximum absolute atomic E-state index is 12.8. The number of fused-ring (bicyclic) bond motifs is 1. The fourth-order valence-corrected chi connectivity index (χ4v) is 3.12. The third kappa shape index (κ3) is 2.96. The molecule has 9 nitrogen and oxygen atoms in total. The maximum atomic E-state index is 12.8. The number of pyridine rings is 1. The highest BCUT2D eigenvalue weighted by molar-refractivity contribution is 6.01. The summed E-state index contributed by atoms with van der Waals surface area (Å²) in [6.07, 6.45) is 1.66. The normalized spacial score (nSPS) is 11.3. The number of aromatic nitrogens is 6. The Kier molecular flexibility index (Phi) is 4.26. The first-order valence-electron chi connectivity index (χ1n) is 8.88. The van der Waals surface area contributed by atoms with Gasteiger partial charge >= 0.3 is 6.03 Å². The second-order valence-electron chi connectivity index (χ2n) is 6.76. The molecule has 3 heterocycles. The predicted molar refractivity (Wildman–Crippen MR) is 107 cm³/mol. The van der Waals surface area contributed by atoms with Crippen LogP contribution in [0.15, 0.2) is 42.7 Å². The number of nitrogens with zero attached hydrogens (tertiary/aromatic N) is 6. The lowest BCUT2D eigenvalue weighted by Gasteiger charge is -2.10. The fourth-order valence-electron chi connectivity index (χ4n) is 3.12. The van der Waals surface area contributed by atoms with Gasteiger partial charge in [0.15, 0.2) is 11.6 Å². The minimum absolute atomic E-state index is 0.187. The Balaban J connectivity index is 1.66. The Morgan fingerprint density at radius 2 is 1.96 bits per heavy atom. The molecule has 0 atom stereocenters. The second kappa shape index (κ2) is 6.76. The molecule has 0 radical (unpaired) electrons. The average Bonchev–Trinajstić information content (AvgIpc) is 3.28. The number of anilines is 2. The number of aryl methyl sites for hydroxylation is 1. The SMILES string of the molecule is Cc1cccc2c1c(N)nn2C(=O)Nc1cccc(-c2nncn2C(C)C)n1. The van der Waals surface area contributed by atoms with Gasteiger partial charge < -0.3 is 10.3 Å². The summed E-state index contributed by atoms with van der Waals surface area (Å²) in [7, 11) is 0. The van der Waals surface area contributed by atoms with Crippen molar-refractivity contribution < 1.29 is 4.79 Å². The van der Waals surface area contributed by atoms with Crippen LogP contribution in [0, 0.1) is 6.92 Å². The van der Waals surface area contributed by atoms with E-state index in [0.29, 0.717) is 28.7 Å². The largest absolute Gasteiger partial charge is 0.382 e. The zero-order valence-electron chi connectivity index (χ0n) is 15.8. The lowest BCUT2D eigenvalue weighted by atomic mass is 10.1. The maximum Gasteiger partial charge on any atom is 0.348 e. The van der Waals surface area contributed by atoms with Gasteiger partial charge in [-0.25, -0.2) is 9.78 Å². The molecule has 28 heavy (non-hydrogen) atoms. The Bertz CT molecular complexity index is 1170. The van der Waals surface area contributed by atoms with Gasteiger partial charge in [0.25, 0.3) is 0 Å². The summed E-state index contributed by atoms with van der Waals surface area (Å²) in [4.78, 5) is 17.3. The van der Waals surface area contributed by atoms with E-state index in [1.54, 1.807) is 24.5 Å². The summed E-state index contributed by atoms with van der Waals surface area (Å²) in [6, 6.07) is 10.7. The Morgan fingerprint density at radius 3 is 2.75 bits per heavy atom. The zero-order valence-corrected chi connectivity index (χ0v) is 15.8. The first-order valence-corrected chi connectivity index (χ1v) is 8.88. The Labute approximate surface area is 161 Å². The van der Waals surface area contributed by atoms with E-state index in [4.69, 9.17) is 5.73 Å². The van der Waals surface area contributed by atoms with Crippen LogP contribution in [0.5, 0.6) is 0 Å². The van der Waals surface area contributed by atoms with E-state index in [0.717, 1.165) is 10.9 Å². The quantitative estimate of drug-likeness (QED) is 0.567. The van der Waals surface area contributed by atoms with Gasteiger partial charge in [-0.3, -0.25) is 5.32 Å². The summed E-state index contributed by atoms with van der Waals surface area (Å²) in [5.74, 6) is 1.33. The number of benzene rings is 1. The van der Waals surface area contributed by atoms with Crippen molar-refractivity contribution in [2.45, 2.75) is 26.8 Å². The number of nitrogens with two attached hydrogens (primary N) is 1. The number of amides is 1. The molecule has 0 spiro atoms. The van der Waals surface area contributed by atoms with E-state index in [2.05, 4.69) is 25.6 Å². The lowest BCUT2D eigenvalue weighted by molar-refractivity contribution is 0.252. The van der Waals surface area contributed by atoms with Gasteiger partial charge in [0.2, 0.25) is 0 Å². The summed E-state index contributed by atoms with van der Waals surface area (Å²) >= 11 is 0. The van der Waals surface area contributed by atoms with Crippen LogP contribution in [0.1, 0.15) is 25.5 Å². The van der Waals surface area contributed by atoms with Crippen molar-refractivity contribution in [3.8, 4) is 11.5 Å². The molecule has 0 aliphatic heterocycles. The highest BCUT2D eigenvalue weighted by atomic mass is 16.2. The molecule has 4 aromatic rings. The highest BCUT2D eigenvalue weighted by Gasteiger charge is 2.17. The molecule has 0 fully saturated rings. The Hall–Kier alpha value is -3.75. The molecule has 0 aliphatic rings. The van der Waals surface area contributed by atoms with Crippen molar-refractivity contribution in [2.75, 3.05) is 11.1 Å². The monoisotopic (exact) mass is 376 g/mol. The van der Waals surface area contributed by atoms with Crippen LogP contribution in [0.3, 0.4) is 0 Å². The molecular weight excluding hydrogens is 356 g/mol. The van der Waals surface area contributed by atoms with Crippen molar-refractivity contribution >= 4 is 28.6 Å². The molecule has 9 heteroatoms. The van der Waals surface area contributed by atoms with Gasteiger partial charge in [-0.2, -0.15) is 4.68 Å². The standard InChI is InChI=1S/C19H20N8O/c1-11(2)26-10-21-24-18(26)13-7-5-9-15(22-13)23-19(28)27-14-8-4-6-12(3)16(14)17(20)25-27/h4-11H,1-3H3,(H2,20,25)(H,22,23,28). The van der Waals surface area contributed by atoms with Gasteiger partial charge in [0, 0.05) is 11.4 Å². The number of hydrogen-bond acceptors (Lipinski definition) is 6. The number of carbonyl (C=O) groups is 1. The van der Waals surface area contributed by atoms with E-state index < -0.39 is 6.03 Å². The summed E-state index contributed by atoms with van der Waals surface area (Å²) in [5, 5.41) is 15.8. The molecule has 3 N–H and O–H groups in total. The molecule has 0 saturated carbocycles. The van der Waals surface area contributed by atoms with E-state index in [1.165, 1.54) is 4.68 Å². The molecule has 1 amide bonds. The minimum atomic E-state index is -0.442. The zero-order chi connectivity index (χ0) is 19.8. The van der Waals surface area contributed by atoms with E-state index in [9.17, 15) is 4.79 Å². The molecule has 1 aromatic carbocycles. The number of nitrogens with one attached hydrogen (secondary N) is 1. The summed E-state index contributed by atoms with van der Waals surface area (Å²) in [6.45, 7) is 6.00. The number of nitrogen functional groups attached to an aromatic ring is 1. The van der Waals surface area contributed by atoms with Crippen LogP contribution in [-0.4, -0.2) is 35.6 Å². The second-order valence-corrected chi connectivity index (χ2v) is 6.76. The van der Waals surface area contributed by atoms with Gasteiger partial charge in [-0.05, 0) is 44.5 Å². The van der Waals surface area contributed by atoms with Crippen LogP contribution in [0.4, 0.5) is 16.4 Å². The number of carbonyl (C=O) groups excluding carboxylic acids is 1. The molecule has 0 unspecified atom stereocenters. The number of hydrogen-bond donors (Lipinski definition) is 2. The third-order valence-corrected chi connectivity index (χ3v) is 4.48. The minimum Gasteiger partial charge on any atom is -0.382 e. The topological polar surface area (TPSA) is 117 Å². The van der Waals surface area contributed by atoms with Crippen molar-refractivity contribution in [2.24, 2.45) is 0 Å². The molecule has 0 bridgehead atoms. The highest BCUT2D eigenvalue weighted by Crippen LogP contribution is 2.24. The lowest BCUT2D eigenvalue weighted by Crippen LogP contribution is -2.21. The van der Waals surface area contributed by atoms with Crippen LogP contribution in [0.2, 0.25) is 0 Å². The number of rotatable bonds is 3. The van der Waals surface area contributed by atoms with Crippen molar-refractivity contribution in [1.29, 1.82) is 0 Å². The van der Waals surface area contributed by atoms with Crippen LogP contribution in [0.25, 0.3) is 22.4 Å². The third-order valence-electron chi connectivity index (χ3n) is 4.48. The van der Waals surface area contributed by atoms with Crippen LogP contribution >= 0.6 is 0 Å². The molecule has 142 valence electrons. The van der Waals surface area contributed by atoms with Gasteiger partial charge in [0.1, 0.15) is 17.8 Å². The van der Waals surface area contributed by atoms with Gasteiger partial charge in [-0.15, -0.1) is 15.3 Å². The van der Waals surface area contributed by atoms with Gasteiger partial charge in [-0.1, -0.05) is 18.2 Å². The molecule has 0 saturated heterocycles. The first-order chi connectivity index (χ1) is 13.5. The van der Waals surface area contributed by atoms with Gasteiger partial charge in [0.05, 0.1) is 5.52 Å². The van der Waals surface area contributed by atoms with Crippen molar-refractivity contribution in [3.05, 3.63) is 48.3 Å². The van der Waals surface area contributed by atoms with Crippen LogP contribution in [-0.2, 0) is 0 Å². The molecular formula is C19H20N8O. The molecule has 3 aromatic heterocycles. The van der Waals surface area contributed by atoms with E-state index in [-0.39, 0.29) is 6.04 Å². The molecule has 0 aliphatic carbocycles.